The van der Waals surface area contributed by atoms with E-state index in [0.29, 0.717) is 17.9 Å². The third-order valence-electron chi connectivity index (χ3n) is 2.96. The first-order chi connectivity index (χ1) is 9.13. The molecule has 0 aliphatic rings. The third-order valence-corrected chi connectivity index (χ3v) is 2.96. The highest BCUT2D eigenvalue weighted by molar-refractivity contribution is 5.69. The maximum Gasteiger partial charge on any atom is 0.265 e. The van der Waals surface area contributed by atoms with E-state index in [2.05, 4.69) is 0 Å². The first-order valence-corrected chi connectivity index (χ1v) is 6.13. The van der Waals surface area contributed by atoms with Crippen molar-refractivity contribution in [3.05, 3.63) is 54.1 Å². The fourth-order valence-electron chi connectivity index (χ4n) is 2.09. The third kappa shape index (κ3) is 2.84. The minimum Gasteiger partial charge on any atom is -0.399 e. The first kappa shape index (κ1) is 13.3. The Morgan fingerprint density at radius 1 is 1.11 bits per heavy atom. The quantitative estimate of drug-likeness (QED) is 0.829. The maximum absolute atomic E-state index is 13.1. The van der Waals surface area contributed by atoms with Crippen molar-refractivity contribution in [1.82, 2.24) is 0 Å². The lowest BCUT2D eigenvalue weighted by Gasteiger charge is -2.26. The number of nitrogens with two attached hydrogens (primary N) is 1. The molecule has 2 nitrogen and oxygen atoms in total. The van der Waals surface area contributed by atoms with E-state index in [-0.39, 0.29) is 5.56 Å². The molecule has 4 heteroatoms. The molecular formula is C15H16F2N2. The number of nitrogens with zero attached hydrogens (tertiary/aromatic N) is 1. The predicted molar refractivity (Wildman–Crippen MR) is 74.9 cm³/mol. The molecule has 2 N–H and O–H groups in total. The standard InChI is InChI=1S/C15H16F2N2/c1-2-19(12-6-4-3-5-7-12)14-9-8-11(18)10-13(14)15(16)17/h3-10,15H,2,18H2,1H3. The van der Waals surface area contributed by atoms with E-state index < -0.39 is 6.43 Å². The SMILES string of the molecule is CCN(c1ccccc1)c1ccc(N)cc1C(F)F. The summed E-state index contributed by atoms with van der Waals surface area (Å²) in [4.78, 5) is 1.85. The van der Waals surface area contributed by atoms with Gasteiger partial charge in [0, 0.05) is 23.5 Å². The Bertz CT molecular complexity index is 541. The van der Waals surface area contributed by atoms with Gasteiger partial charge in [0.15, 0.2) is 0 Å². The van der Waals surface area contributed by atoms with E-state index in [0.717, 1.165) is 5.69 Å². The van der Waals surface area contributed by atoms with Crippen molar-refractivity contribution in [3.63, 3.8) is 0 Å². The van der Waals surface area contributed by atoms with Crippen molar-refractivity contribution in [3.8, 4) is 0 Å². The Hall–Kier alpha value is -2.10. The zero-order valence-electron chi connectivity index (χ0n) is 10.7. The van der Waals surface area contributed by atoms with Gasteiger partial charge in [0.25, 0.3) is 6.43 Å². The van der Waals surface area contributed by atoms with Gasteiger partial charge in [-0.15, -0.1) is 0 Å². The van der Waals surface area contributed by atoms with Crippen LogP contribution in [0.15, 0.2) is 48.5 Å². The van der Waals surface area contributed by atoms with Crippen molar-refractivity contribution < 1.29 is 8.78 Å². The number of benzene rings is 2. The Labute approximate surface area is 111 Å². The second kappa shape index (κ2) is 5.69. The van der Waals surface area contributed by atoms with Crippen LogP contribution in [-0.4, -0.2) is 6.54 Å². The average Bonchev–Trinajstić information content (AvgIpc) is 2.42. The Kier molecular flexibility index (Phi) is 4.00. The Morgan fingerprint density at radius 2 is 1.79 bits per heavy atom. The smallest absolute Gasteiger partial charge is 0.265 e. The van der Waals surface area contributed by atoms with Gasteiger partial charge in [0.1, 0.15) is 0 Å². The van der Waals surface area contributed by atoms with Crippen LogP contribution in [0.4, 0.5) is 25.8 Å². The van der Waals surface area contributed by atoms with E-state index in [1.54, 1.807) is 12.1 Å². The van der Waals surface area contributed by atoms with Gasteiger partial charge in [-0.25, -0.2) is 8.78 Å². The summed E-state index contributed by atoms with van der Waals surface area (Å²) < 4.78 is 26.3. The first-order valence-electron chi connectivity index (χ1n) is 6.13. The highest BCUT2D eigenvalue weighted by Gasteiger charge is 2.18. The number of halogens is 2. The summed E-state index contributed by atoms with van der Waals surface area (Å²) in [5.74, 6) is 0. The van der Waals surface area contributed by atoms with Gasteiger partial charge in [-0.3, -0.25) is 0 Å². The normalized spacial score (nSPS) is 10.7. The molecule has 2 rings (SSSR count). The van der Waals surface area contributed by atoms with Crippen molar-refractivity contribution in [2.24, 2.45) is 0 Å². The van der Waals surface area contributed by atoms with Gasteiger partial charge in [-0.2, -0.15) is 0 Å². The van der Waals surface area contributed by atoms with Crippen LogP contribution in [0.3, 0.4) is 0 Å². The molecule has 0 heterocycles. The van der Waals surface area contributed by atoms with Gasteiger partial charge in [0.05, 0.1) is 5.69 Å². The van der Waals surface area contributed by atoms with E-state index in [9.17, 15) is 8.78 Å². The molecule has 0 aromatic heterocycles. The number of para-hydroxylation sites is 1. The molecule has 2 aromatic carbocycles. The van der Waals surface area contributed by atoms with Gasteiger partial charge in [-0.1, -0.05) is 18.2 Å². The molecule has 0 spiro atoms. The molecule has 0 saturated carbocycles. The van der Waals surface area contributed by atoms with Crippen LogP contribution >= 0.6 is 0 Å². The van der Waals surface area contributed by atoms with Crippen molar-refractivity contribution in [1.29, 1.82) is 0 Å². The minimum absolute atomic E-state index is 0.0364. The number of alkyl halides is 2. The van der Waals surface area contributed by atoms with Gasteiger partial charge in [0.2, 0.25) is 0 Å². The van der Waals surface area contributed by atoms with Crippen LogP contribution in [0.25, 0.3) is 0 Å². The number of anilines is 3. The maximum atomic E-state index is 13.1. The molecule has 0 aliphatic heterocycles. The van der Waals surface area contributed by atoms with Gasteiger partial charge in [-0.05, 0) is 37.3 Å². The van der Waals surface area contributed by atoms with E-state index in [4.69, 9.17) is 5.73 Å². The number of rotatable bonds is 4. The summed E-state index contributed by atoms with van der Waals surface area (Å²) in [6, 6.07) is 14.1. The largest absolute Gasteiger partial charge is 0.399 e. The van der Waals surface area contributed by atoms with Crippen molar-refractivity contribution in [2.75, 3.05) is 17.2 Å². The molecule has 19 heavy (non-hydrogen) atoms. The van der Waals surface area contributed by atoms with Crippen LogP contribution < -0.4 is 10.6 Å². The summed E-state index contributed by atoms with van der Waals surface area (Å²) in [7, 11) is 0. The molecule has 0 unspecified atom stereocenters. The Morgan fingerprint density at radius 3 is 2.37 bits per heavy atom. The second-order valence-corrected chi connectivity index (χ2v) is 4.20. The molecule has 0 atom stereocenters. The molecular weight excluding hydrogens is 246 g/mol. The van der Waals surface area contributed by atoms with Crippen LogP contribution in [0.2, 0.25) is 0 Å². The topological polar surface area (TPSA) is 29.3 Å². The lowest BCUT2D eigenvalue weighted by atomic mass is 10.1. The molecule has 100 valence electrons. The number of hydrogen-bond acceptors (Lipinski definition) is 2. The van der Waals surface area contributed by atoms with E-state index in [1.807, 2.05) is 42.2 Å². The van der Waals surface area contributed by atoms with Crippen LogP contribution in [0.1, 0.15) is 18.9 Å². The fourth-order valence-corrected chi connectivity index (χ4v) is 2.09. The zero-order chi connectivity index (χ0) is 13.8. The monoisotopic (exact) mass is 262 g/mol. The fraction of sp³-hybridized carbons (Fsp3) is 0.200. The summed E-state index contributed by atoms with van der Waals surface area (Å²) in [6.45, 7) is 2.53. The summed E-state index contributed by atoms with van der Waals surface area (Å²) >= 11 is 0. The van der Waals surface area contributed by atoms with Gasteiger partial charge < -0.3 is 10.6 Å². The summed E-state index contributed by atoms with van der Waals surface area (Å²) in [5.41, 5.74) is 7.29. The molecule has 0 amide bonds. The number of hydrogen-bond donors (Lipinski definition) is 1. The van der Waals surface area contributed by atoms with Crippen LogP contribution in [0.5, 0.6) is 0 Å². The highest BCUT2D eigenvalue weighted by Crippen LogP contribution is 2.35. The second-order valence-electron chi connectivity index (χ2n) is 4.20. The molecule has 2 aromatic rings. The van der Waals surface area contributed by atoms with Crippen molar-refractivity contribution >= 4 is 17.1 Å². The molecule has 0 radical (unpaired) electrons. The molecule has 0 aliphatic carbocycles. The predicted octanol–water partition coefficient (Wildman–Crippen LogP) is 4.36. The van der Waals surface area contributed by atoms with E-state index in [1.165, 1.54) is 6.07 Å². The van der Waals surface area contributed by atoms with Gasteiger partial charge >= 0.3 is 0 Å². The lowest BCUT2D eigenvalue weighted by Crippen LogP contribution is -2.17. The molecule has 0 fully saturated rings. The lowest BCUT2D eigenvalue weighted by molar-refractivity contribution is 0.152. The summed E-state index contributed by atoms with van der Waals surface area (Å²) in [6.07, 6.45) is -2.55. The van der Waals surface area contributed by atoms with Crippen LogP contribution in [-0.2, 0) is 0 Å². The van der Waals surface area contributed by atoms with Crippen molar-refractivity contribution in [2.45, 2.75) is 13.3 Å². The average molecular weight is 262 g/mol. The Balaban J connectivity index is 2.50. The minimum atomic E-state index is -2.55. The summed E-state index contributed by atoms with van der Waals surface area (Å²) in [5, 5.41) is 0. The molecule has 0 bridgehead atoms. The zero-order valence-corrected chi connectivity index (χ0v) is 10.7. The highest BCUT2D eigenvalue weighted by atomic mass is 19.3. The molecule has 0 saturated heterocycles. The van der Waals surface area contributed by atoms with E-state index >= 15 is 0 Å². The van der Waals surface area contributed by atoms with Crippen LogP contribution in [0, 0.1) is 0 Å². The number of nitrogen functional groups attached to an aromatic ring is 1.